The highest BCUT2D eigenvalue weighted by atomic mass is 32.1. The lowest BCUT2D eigenvalue weighted by atomic mass is 10.1. The second-order valence-corrected chi connectivity index (χ2v) is 7.10. The van der Waals surface area contributed by atoms with Gasteiger partial charge in [0, 0.05) is 0 Å². The molecular formula is C17H15FN2OS2. The quantitative estimate of drug-likeness (QED) is 0.736. The van der Waals surface area contributed by atoms with Crippen LogP contribution in [0.3, 0.4) is 0 Å². The van der Waals surface area contributed by atoms with Crippen molar-refractivity contribution in [3.05, 3.63) is 63.7 Å². The normalized spacial score (nSPS) is 12.1. The van der Waals surface area contributed by atoms with Crippen LogP contribution in [0.5, 0.6) is 0 Å². The van der Waals surface area contributed by atoms with Crippen molar-refractivity contribution in [1.82, 2.24) is 10.3 Å². The van der Waals surface area contributed by atoms with Crippen LogP contribution in [-0.4, -0.2) is 10.9 Å². The van der Waals surface area contributed by atoms with Crippen LogP contribution in [0.4, 0.5) is 4.39 Å². The van der Waals surface area contributed by atoms with E-state index in [1.54, 1.807) is 23.5 Å². The Hall–Kier alpha value is -2.05. The van der Waals surface area contributed by atoms with Gasteiger partial charge >= 0.3 is 0 Å². The fourth-order valence-corrected chi connectivity index (χ4v) is 3.98. The summed E-state index contributed by atoms with van der Waals surface area (Å²) in [4.78, 5) is 18.6. The molecular weight excluding hydrogens is 331 g/mol. The summed E-state index contributed by atoms with van der Waals surface area (Å²) in [7, 11) is 0. The van der Waals surface area contributed by atoms with Crippen molar-refractivity contribution in [3.8, 4) is 9.88 Å². The first-order chi connectivity index (χ1) is 11.0. The Morgan fingerprint density at radius 1 is 1.26 bits per heavy atom. The van der Waals surface area contributed by atoms with Gasteiger partial charge in [-0.3, -0.25) is 4.79 Å². The Labute approximate surface area is 141 Å². The van der Waals surface area contributed by atoms with Crippen LogP contribution < -0.4 is 5.32 Å². The molecule has 6 heteroatoms. The van der Waals surface area contributed by atoms with Gasteiger partial charge in [-0.15, -0.1) is 22.7 Å². The first kappa shape index (κ1) is 15.8. The molecule has 1 aromatic carbocycles. The van der Waals surface area contributed by atoms with Crippen LogP contribution >= 0.6 is 22.7 Å². The van der Waals surface area contributed by atoms with Gasteiger partial charge in [0.1, 0.15) is 15.7 Å². The van der Waals surface area contributed by atoms with Gasteiger partial charge in [-0.25, -0.2) is 9.37 Å². The highest BCUT2D eigenvalue weighted by molar-refractivity contribution is 7.22. The molecule has 0 saturated heterocycles. The Morgan fingerprint density at radius 3 is 2.65 bits per heavy atom. The molecule has 1 amide bonds. The average Bonchev–Trinajstić information content (AvgIpc) is 3.16. The van der Waals surface area contributed by atoms with E-state index in [0.29, 0.717) is 4.88 Å². The third-order valence-electron chi connectivity index (χ3n) is 3.45. The van der Waals surface area contributed by atoms with Crippen molar-refractivity contribution < 1.29 is 9.18 Å². The lowest BCUT2D eigenvalue weighted by Crippen LogP contribution is -2.26. The lowest BCUT2D eigenvalue weighted by Gasteiger charge is -2.13. The maximum Gasteiger partial charge on any atom is 0.263 e. The number of thiophene rings is 1. The number of rotatable bonds is 4. The zero-order chi connectivity index (χ0) is 16.4. The number of nitrogens with one attached hydrogen (secondary N) is 1. The van der Waals surface area contributed by atoms with Crippen LogP contribution in [0.2, 0.25) is 0 Å². The summed E-state index contributed by atoms with van der Waals surface area (Å²) in [6, 6.07) is 9.90. The molecule has 0 unspecified atom stereocenters. The second-order valence-electron chi connectivity index (χ2n) is 5.16. The van der Waals surface area contributed by atoms with E-state index in [9.17, 15) is 9.18 Å². The maximum atomic E-state index is 13.0. The molecule has 0 saturated carbocycles. The molecule has 0 fully saturated rings. The molecule has 0 bridgehead atoms. The van der Waals surface area contributed by atoms with Gasteiger partial charge in [0.15, 0.2) is 0 Å². The maximum absolute atomic E-state index is 13.0. The molecule has 0 radical (unpaired) electrons. The van der Waals surface area contributed by atoms with Crippen molar-refractivity contribution in [3.63, 3.8) is 0 Å². The molecule has 0 aliphatic heterocycles. The van der Waals surface area contributed by atoms with Gasteiger partial charge in [-0.05, 0) is 43.0 Å². The standard InChI is InChI=1S/C17H15FN2OS2/c1-10(12-5-7-13(18)8-6-12)19-16(21)15-11(2)20-17(23-15)14-4-3-9-22-14/h3-10H,1-2H3,(H,19,21)/t10-/m0/s1. The lowest BCUT2D eigenvalue weighted by molar-refractivity contribution is 0.0943. The number of aryl methyl sites for hydroxylation is 1. The van der Waals surface area contributed by atoms with E-state index in [0.717, 1.165) is 21.1 Å². The molecule has 3 aromatic rings. The fourth-order valence-electron chi connectivity index (χ4n) is 2.21. The molecule has 3 rings (SSSR count). The van der Waals surface area contributed by atoms with Gasteiger partial charge in [0.2, 0.25) is 0 Å². The zero-order valence-electron chi connectivity index (χ0n) is 12.7. The molecule has 2 aromatic heterocycles. The highest BCUT2D eigenvalue weighted by Crippen LogP contribution is 2.31. The number of amides is 1. The van der Waals surface area contributed by atoms with E-state index in [1.807, 2.05) is 31.4 Å². The predicted octanol–water partition coefficient (Wildman–Crippen LogP) is 4.81. The van der Waals surface area contributed by atoms with Crippen LogP contribution in [0.1, 0.15) is 33.9 Å². The fraction of sp³-hybridized carbons (Fsp3) is 0.176. The molecule has 1 atom stereocenters. The summed E-state index contributed by atoms with van der Waals surface area (Å²) in [6.45, 7) is 3.72. The summed E-state index contributed by atoms with van der Waals surface area (Å²) in [5, 5.41) is 5.79. The summed E-state index contributed by atoms with van der Waals surface area (Å²) < 4.78 is 13.0. The Balaban J connectivity index is 1.77. The van der Waals surface area contributed by atoms with Crippen LogP contribution in [0.15, 0.2) is 41.8 Å². The van der Waals surface area contributed by atoms with Gasteiger partial charge in [0.25, 0.3) is 5.91 Å². The van der Waals surface area contributed by atoms with Gasteiger partial charge in [-0.2, -0.15) is 0 Å². The smallest absolute Gasteiger partial charge is 0.263 e. The summed E-state index contributed by atoms with van der Waals surface area (Å²) in [5.41, 5.74) is 1.59. The zero-order valence-corrected chi connectivity index (χ0v) is 14.3. The number of halogens is 1. The second kappa shape index (κ2) is 6.60. The number of benzene rings is 1. The number of nitrogens with zero attached hydrogens (tertiary/aromatic N) is 1. The first-order valence-corrected chi connectivity index (χ1v) is 8.82. The van der Waals surface area contributed by atoms with E-state index in [-0.39, 0.29) is 17.8 Å². The van der Waals surface area contributed by atoms with E-state index < -0.39 is 0 Å². The molecule has 0 spiro atoms. The third kappa shape index (κ3) is 3.48. The summed E-state index contributed by atoms with van der Waals surface area (Å²) >= 11 is 2.99. The average molecular weight is 346 g/mol. The molecule has 118 valence electrons. The van der Waals surface area contributed by atoms with Crippen molar-refractivity contribution in [1.29, 1.82) is 0 Å². The van der Waals surface area contributed by atoms with E-state index in [4.69, 9.17) is 0 Å². The van der Waals surface area contributed by atoms with E-state index in [2.05, 4.69) is 10.3 Å². The first-order valence-electron chi connectivity index (χ1n) is 7.12. The molecule has 2 heterocycles. The van der Waals surface area contributed by atoms with Gasteiger partial charge in [-0.1, -0.05) is 18.2 Å². The van der Waals surface area contributed by atoms with Crippen LogP contribution in [-0.2, 0) is 0 Å². The molecule has 1 N–H and O–H groups in total. The number of hydrogen-bond donors (Lipinski definition) is 1. The molecule has 0 aliphatic rings. The number of thiazole rings is 1. The van der Waals surface area contributed by atoms with E-state index >= 15 is 0 Å². The molecule has 0 aliphatic carbocycles. The minimum absolute atomic E-state index is 0.153. The molecule has 23 heavy (non-hydrogen) atoms. The Bertz CT molecular complexity index is 810. The van der Waals surface area contributed by atoms with Gasteiger partial charge < -0.3 is 5.32 Å². The molecule has 3 nitrogen and oxygen atoms in total. The summed E-state index contributed by atoms with van der Waals surface area (Å²) in [6.07, 6.45) is 0. The number of carbonyl (C=O) groups is 1. The Kier molecular flexibility index (Phi) is 4.54. The largest absolute Gasteiger partial charge is 0.345 e. The Morgan fingerprint density at radius 2 is 2.00 bits per heavy atom. The van der Waals surface area contributed by atoms with Gasteiger partial charge in [0.05, 0.1) is 16.6 Å². The van der Waals surface area contributed by atoms with E-state index in [1.165, 1.54) is 23.5 Å². The summed E-state index contributed by atoms with van der Waals surface area (Å²) in [5.74, 6) is -0.439. The number of carbonyl (C=O) groups excluding carboxylic acids is 1. The van der Waals surface area contributed by atoms with Crippen molar-refractivity contribution in [2.24, 2.45) is 0 Å². The monoisotopic (exact) mass is 346 g/mol. The predicted molar refractivity (Wildman–Crippen MR) is 92.4 cm³/mol. The van der Waals surface area contributed by atoms with Crippen molar-refractivity contribution >= 4 is 28.6 Å². The van der Waals surface area contributed by atoms with Crippen molar-refractivity contribution in [2.75, 3.05) is 0 Å². The minimum Gasteiger partial charge on any atom is -0.345 e. The third-order valence-corrected chi connectivity index (χ3v) is 5.65. The van der Waals surface area contributed by atoms with Crippen LogP contribution in [0.25, 0.3) is 9.88 Å². The van der Waals surface area contributed by atoms with Crippen molar-refractivity contribution in [2.45, 2.75) is 19.9 Å². The van der Waals surface area contributed by atoms with Crippen LogP contribution in [0, 0.1) is 12.7 Å². The SMILES string of the molecule is Cc1nc(-c2cccs2)sc1C(=O)N[C@@H](C)c1ccc(F)cc1. The number of hydrogen-bond acceptors (Lipinski definition) is 4. The minimum atomic E-state index is -0.286. The number of aromatic nitrogens is 1. The highest BCUT2D eigenvalue weighted by Gasteiger charge is 2.18. The topological polar surface area (TPSA) is 42.0 Å².